The molecule has 0 saturated carbocycles. The first kappa shape index (κ1) is 18.9. The first-order valence-corrected chi connectivity index (χ1v) is 10.2. The molecule has 1 amide bonds. The van der Waals surface area contributed by atoms with E-state index in [1.165, 1.54) is 18.2 Å². The van der Waals surface area contributed by atoms with Crippen LogP contribution in [0.5, 0.6) is 0 Å². The Morgan fingerprint density at radius 3 is 2.52 bits per heavy atom. The van der Waals surface area contributed by atoms with Crippen molar-refractivity contribution in [2.24, 2.45) is 5.14 Å². The van der Waals surface area contributed by atoms with E-state index < -0.39 is 10.0 Å². The summed E-state index contributed by atoms with van der Waals surface area (Å²) in [6.07, 6.45) is 3.29. The Bertz CT molecular complexity index is 1330. The van der Waals surface area contributed by atoms with Gasteiger partial charge in [-0.05, 0) is 55.0 Å². The highest BCUT2D eigenvalue weighted by molar-refractivity contribution is 7.89. The molecule has 4 rings (SSSR count). The third kappa shape index (κ3) is 3.75. The second-order valence-corrected chi connectivity index (χ2v) is 8.11. The molecule has 0 aliphatic carbocycles. The molecule has 0 radical (unpaired) electrons. The van der Waals surface area contributed by atoms with E-state index in [0.29, 0.717) is 16.8 Å². The van der Waals surface area contributed by atoms with Crippen molar-refractivity contribution in [3.8, 4) is 11.3 Å². The van der Waals surface area contributed by atoms with Gasteiger partial charge in [-0.25, -0.2) is 13.6 Å². The van der Waals surface area contributed by atoms with Crippen molar-refractivity contribution in [3.63, 3.8) is 0 Å². The number of aryl methyl sites for hydroxylation is 1. The molecule has 2 aromatic heterocycles. The highest BCUT2D eigenvalue weighted by atomic mass is 32.2. The Labute approximate surface area is 167 Å². The predicted octanol–water partition coefficient (Wildman–Crippen LogP) is 3.70. The lowest BCUT2D eigenvalue weighted by molar-refractivity contribution is 0.102. The number of hydrogen-bond donors (Lipinski definition) is 2. The van der Waals surface area contributed by atoms with Crippen LogP contribution in [-0.4, -0.2) is 19.3 Å². The van der Waals surface area contributed by atoms with Crippen LogP contribution in [-0.2, 0) is 10.0 Å². The third-order valence-electron chi connectivity index (χ3n) is 4.57. The normalized spacial score (nSPS) is 11.5. The monoisotopic (exact) mass is 407 g/mol. The maximum atomic E-state index is 12.6. The average Bonchev–Trinajstić information content (AvgIpc) is 3.17. The van der Waals surface area contributed by atoms with Gasteiger partial charge in [-0.2, -0.15) is 0 Å². The van der Waals surface area contributed by atoms with Crippen LogP contribution >= 0.6 is 0 Å². The number of nitrogens with two attached hydrogens (primary N) is 1. The Kier molecular flexibility index (Phi) is 4.65. The molecular weight excluding hydrogens is 390 g/mol. The van der Waals surface area contributed by atoms with Gasteiger partial charge in [0.25, 0.3) is 5.91 Å². The fourth-order valence-electron chi connectivity index (χ4n) is 3.05. The highest BCUT2D eigenvalue weighted by Crippen LogP contribution is 2.27. The van der Waals surface area contributed by atoms with Crippen molar-refractivity contribution in [2.75, 3.05) is 5.32 Å². The van der Waals surface area contributed by atoms with Gasteiger partial charge < -0.3 is 9.73 Å². The van der Waals surface area contributed by atoms with Crippen LogP contribution in [0.1, 0.15) is 15.9 Å². The number of benzene rings is 2. The fraction of sp³-hybridized carbons (Fsp3) is 0.0476. The molecule has 0 atom stereocenters. The maximum absolute atomic E-state index is 12.6. The van der Waals surface area contributed by atoms with Gasteiger partial charge in [0.2, 0.25) is 10.0 Å². The van der Waals surface area contributed by atoms with Gasteiger partial charge >= 0.3 is 0 Å². The Morgan fingerprint density at radius 2 is 1.83 bits per heavy atom. The largest absolute Gasteiger partial charge is 0.464 e. The number of pyridine rings is 1. The molecule has 146 valence electrons. The molecule has 2 heterocycles. The van der Waals surface area contributed by atoms with E-state index in [-0.39, 0.29) is 10.8 Å². The smallest absolute Gasteiger partial charge is 0.255 e. The minimum atomic E-state index is -3.79. The third-order valence-corrected chi connectivity index (χ3v) is 5.49. The molecule has 8 heteroatoms. The van der Waals surface area contributed by atoms with E-state index in [4.69, 9.17) is 9.56 Å². The van der Waals surface area contributed by atoms with Gasteiger partial charge in [0, 0.05) is 28.4 Å². The van der Waals surface area contributed by atoms with E-state index in [1.54, 1.807) is 37.6 Å². The SMILES string of the molecule is Cc1cc(S(N)(=O)=O)ccc1NC(=O)c1ccc(-c2nccc3occc23)cc1. The summed E-state index contributed by atoms with van der Waals surface area (Å²) in [5.41, 5.74) is 3.95. The standard InChI is InChI=1S/C21H17N3O4S/c1-13-12-16(29(22,26)27)6-7-18(13)24-21(25)15-4-2-14(3-5-15)20-17-9-11-28-19(17)8-10-23-20/h2-12H,1H3,(H,24,25)(H2,22,26,27). The summed E-state index contributed by atoms with van der Waals surface area (Å²) < 4.78 is 28.3. The fourth-order valence-corrected chi connectivity index (χ4v) is 3.65. The van der Waals surface area contributed by atoms with Crippen molar-refractivity contribution >= 4 is 32.6 Å². The number of carbonyl (C=O) groups excluding carboxylic acids is 1. The van der Waals surface area contributed by atoms with E-state index >= 15 is 0 Å². The summed E-state index contributed by atoms with van der Waals surface area (Å²) in [6.45, 7) is 1.70. The Hall–Kier alpha value is -3.49. The molecule has 3 N–H and O–H groups in total. The minimum Gasteiger partial charge on any atom is -0.464 e. The zero-order valence-electron chi connectivity index (χ0n) is 15.4. The number of hydrogen-bond acceptors (Lipinski definition) is 5. The van der Waals surface area contributed by atoms with Gasteiger partial charge in [0.05, 0.1) is 16.9 Å². The maximum Gasteiger partial charge on any atom is 0.255 e. The van der Waals surface area contributed by atoms with Gasteiger partial charge in [0.1, 0.15) is 5.58 Å². The molecule has 0 fully saturated rings. The Balaban J connectivity index is 1.57. The number of rotatable bonds is 4. The lowest BCUT2D eigenvalue weighted by Crippen LogP contribution is -2.15. The first-order valence-electron chi connectivity index (χ1n) is 8.70. The second-order valence-electron chi connectivity index (χ2n) is 6.55. The first-order chi connectivity index (χ1) is 13.8. The summed E-state index contributed by atoms with van der Waals surface area (Å²) in [5, 5.41) is 8.81. The van der Waals surface area contributed by atoms with Crippen molar-refractivity contribution in [1.29, 1.82) is 0 Å². The van der Waals surface area contributed by atoms with Crippen molar-refractivity contribution in [3.05, 3.63) is 78.2 Å². The van der Waals surface area contributed by atoms with Crippen LogP contribution in [0, 0.1) is 6.92 Å². The summed E-state index contributed by atoms with van der Waals surface area (Å²) in [6, 6.07) is 15.0. The number of fused-ring (bicyclic) bond motifs is 1. The number of carbonyl (C=O) groups is 1. The number of primary sulfonamides is 1. The summed E-state index contributed by atoms with van der Waals surface area (Å²) >= 11 is 0. The summed E-state index contributed by atoms with van der Waals surface area (Å²) in [7, 11) is -3.79. The number of nitrogens with one attached hydrogen (secondary N) is 1. The summed E-state index contributed by atoms with van der Waals surface area (Å²) in [5.74, 6) is -0.308. The number of furan rings is 1. The lowest BCUT2D eigenvalue weighted by Gasteiger charge is -2.10. The molecule has 0 unspecified atom stereocenters. The van der Waals surface area contributed by atoms with Gasteiger partial charge in [-0.15, -0.1) is 0 Å². The minimum absolute atomic E-state index is 0.00160. The predicted molar refractivity (Wildman–Crippen MR) is 110 cm³/mol. The molecule has 0 spiro atoms. The van der Waals surface area contributed by atoms with Crippen molar-refractivity contribution in [1.82, 2.24) is 4.98 Å². The lowest BCUT2D eigenvalue weighted by atomic mass is 10.1. The average molecular weight is 407 g/mol. The molecular formula is C21H17N3O4S. The van der Waals surface area contributed by atoms with E-state index in [1.807, 2.05) is 18.2 Å². The van der Waals surface area contributed by atoms with Crippen LogP contribution in [0.4, 0.5) is 5.69 Å². The quantitative estimate of drug-likeness (QED) is 0.535. The molecule has 29 heavy (non-hydrogen) atoms. The zero-order chi connectivity index (χ0) is 20.6. The number of amides is 1. The summed E-state index contributed by atoms with van der Waals surface area (Å²) in [4.78, 5) is 17.0. The molecule has 0 aliphatic rings. The molecule has 0 aliphatic heterocycles. The number of anilines is 1. The van der Waals surface area contributed by atoms with E-state index in [0.717, 1.165) is 22.2 Å². The molecule has 0 bridgehead atoms. The topological polar surface area (TPSA) is 115 Å². The van der Waals surface area contributed by atoms with Crippen molar-refractivity contribution < 1.29 is 17.6 Å². The van der Waals surface area contributed by atoms with Crippen LogP contribution in [0.15, 0.2) is 76.4 Å². The van der Waals surface area contributed by atoms with Crippen LogP contribution in [0.3, 0.4) is 0 Å². The number of aromatic nitrogens is 1. The molecule has 0 saturated heterocycles. The Morgan fingerprint density at radius 1 is 1.07 bits per heavy atom. The van der Waals surface area contributed by atoms with Gasteiger partial charge in [0.15, 0.2) is 0 Å². The second kappa shape index (κ2) is 7.16. The molecule has 2 aromatic carbocycles. The zero-order valence-corrected chi connectivity index (χ0v) is 16.2. The molecule has 4 aromatic rings. The van der Waals surface area contributed by atoms with E-state index in [2.05, 4.69) is 10.3 Å². The highest BCUT2D eigenvalue weighted by Gasteiger charge is 2.13. The van der Waals surface area contributed by atoms with Crippen LogP contribution in [0.25, 0.3) is 22.2 Å². The van der Waals surface area contributed by atoms with Crippen LogP contribution in [0.2, 0.25) is 0 Å². The van der Waals surface area contributed by atoms with Gasteiger partial charge in [-0.1, -0.05) is 12.1 Å². The van der Waals surface area contributed by atoms with Crippen LogP contribution < -0.4 is 10.5 Å². The molecule has 7 nitrogen and oxygen atoms in total. The number of sulfonamides is 1. The van der Waals surface area contributed by atoms with E-state index in [9.17, 15) is 13.2 Å². The van der Waals surface area contributed by atoms with Crippen molar-refractivity contribution in [2.45, 2.75) is 11.8 Å². The van der Waals surface area contributed by atoms with Gasteiger partial charge in [-0.3, -0.25) is 9.78 Å². The number of nitrogens with zero attached hydrogens (tertiary/aromatic N) is 1.